The zero-order valence-electron chi connectivity index (χ0n) is 14.6. The molecule has 2 unspecified atom stereocenters. The number of hydrogen-bond donors (Lipinski definition) is 2. The van der Waals surface area contributed by atoms with Crippen LogP contribution in [0.2, 0.25) is 0 Å². The molecule has 136 valence electrons. The number of carboxylic acids is 1. The van der Waals surface area contributed by atoms with E-state index in [1.807, 2.05) is 18.2 Å². The summed E-state index contributed by atoms with van der Waals surface area (Å²) in [5.74, 6) is -0.370. The lowest BCUT2D eigenvalue weighted by atomic mass is 9.94. The number of rotatable bonds is 7. The zero-order valence-corrected chi connectivity index (χ0v) is 14.6. The zero-order chi connectivity index (χ0) is 18.4. The Bertz CT molecular complexity index is 760. The first-order valence-corrected chi connectivity index (χ1v) is 8.91. The van der Waals surface area contributed by atoms with Crippen LogP contribution < -0.4 is 10.1 Å². The highest BCUT2D eigenvalue weighted by Gasteiger charge is 2.28. The molecule has 26 heavy (non-hydrogen) atoms. The number of amides is 1. The van der Waals surface area contributed by atoms with Crippen molar-refractivity contribution in [2.24, 2.45) is 5.92 Å². The smallest absolute Gasteiger partial charge is 0.341 e. The second-order valence-corrected chi connectivity index (χ2v) is 6.67. The lowest BCUT2D eigenvalue weighted by molar-refractivity contribution is -0.139. The molecule has 1 aliphatic rings. The van der Waals surface area contributed by atoms with Gasteiger partial charge >= 0.3 is 5.97 Å². The highest BCUT2D eigenvalue weighted by atomic mass is 16.5. The van der Waals surface area contributed by atoms with Gasteiger partial charge in [0.15, 0.2) is 6.61 Å². The molecule has 2 atom stereocenters. The largest absolute Gasteiger partial charge is 0.482 e. The number of carbonyl (C=O) groups excluding carboxylic acids is 1. The van der Waals surface area contributed by atoms with Gasteiger partial charge in [-0.1, -0.05) is 42.8 Å². The van der Waals surface area contributed by atoms with Gasteiger partial charge in [-0.05, 0) is 48.9 Å². The molecular weight excluding hydrogens is 330 g/mol. The van der Waals surface area contributed by atoms with Gasteiger partial charge in [-0.2, -0.15) is 0 Å². The normalized spacial score (nSPS) is 19.1. The van der Waals surface area contributed by atoms with Crippen molar-refractivity contribution in [3.05, 3.63) is 65.7 Å². The number of benzene rings is 2. The lowest BCUT2D eigenvalue weighted by Crippen LogP contribution is -2.38. The van der Waals surface area contributed by atoms with Crippen molar-refractivity contribution in [1.29, 1.82) is 0 Å². The van der Waals surface area contributed by atoms with Gasteiger partial charge in [0.2, 0.25) is 0 Å². The van der Waals surface area contributed by atoms with Gasteiger partial charge in [-0.25, -0.2) is 4.79 Å². The average molecular weight is 353 g/mol. The first-order valence-electron chi connectivity index (χ1n) is 8.91. The Balaban J connectivity index is 1.61. The maximum Gasteiger partial charge on any atom is 0.341 e. The Labute approximate surface area is 153 Å². The Morgan fingerprint density at radius 1 is 1.08 bits per heavy atom. The van der Waals surface area contributed by atoms with Crippen LogP contribution in [0.5, 0.6) is 5.75 Å². The van der Waals surface area contributed by atoms with E-state index in [2.05, 4.69) is 17.4 Å². The summed E-state index contributed by atoms with van der Waals surface area (Å²) in [7, 11) is 0. The van der Waals surface area contributed by atoms with Gasteiger partial charge in [0.05, 0.1) is 0 Å². The minimum absolute atomic E-state index is 0.143. The fourth-order valence-electron chi connectivity index (χ4n) is 3.51. The van der Waals surface area contributed by atoms with Gasteiger partial charge in [0.25, 0.3) is 5.91 Å². The van der Waals surface area contributed by atoms with Gasteiger partial charge in [-0.15, -0.1) is 0 Å². The van der Waals surface area contributed by atoms with E-state index in [9.17, 15) is 9.59 Å². The molecule has 5 heteroatoms. The third-order valence-electron chi connectivity index (χ3n) is 4.77. The van der Waals surface area contributed by atoms with Crippen molar-refractivity contribution in [3.63, 3.8) is 0 Å². The van der Waals surface area contributed by atoms with Gasteiger partial charge in [0.1, 0.15) is 5.75 Å². The van der Waals surface area contributed by atoms with Crippen molar-refractivity contribution in [2.75, 3.05) is 6.61 Å². The molecule has 0 radical (unpaired) electrons. The summed E-state index contributed by atoms with van der Waals surface area (Å²) in [6.45, 7) is -0.424. The first kappa shape index (κ1) is 18.0. The third-order valence-corrected chi connectivity index (χ3v) is 4.77. The molecule has 0 spiro atoms. The SMILES string of the molecule is O=C(O)COc1cccc(C(=O)NC2CCCC2Cc2ccccc2)c1. The maximum absolute atomic E-state index is 12.6. The van der Waals surface area contributed by atoms with Crippen LogP contribution >= 0.6 is 0 Å². The minimum atomic E-state index is -1.05. The van der Waals surface area contributed by atoms with E-state index in [1.165, 1.54) is 5.56 Å². The van der Waals surface area contributed by atoms with Crippen LogP contribution in [0.4, 0.5) is 0 Å². The molecule has 1 saturated carbocycles. The van der Waals surface area contributed by atoms with Gasteiger partial charge in [0, 0.05) is 11.6 Å². The van der Waals surface area contributed by atoms with Crippen molar-refractivity contribution in [2.45, 2.75) is 31.7 Å². The van der Waals surface area contributed by atoms with E-state index in [0.717, 1.165) is 25.7 Å². The number of carbonyl (C=O) groups is 2. The van der Waals surface area contributed by atoms with Crippen LogP contribution in [0, 0.1) is 5.92 Å². The molecule has 0 bridgehead atoms. The Morgan fingerprint density at radius 3 is 2.65 bits per heavy atom. The van der Waals surface area contributed by atoms with Crippen LogP contribution in [0.15, 0.2) is 54.6 Å². The molecule has 3 rings (SSSR count). The molecule has 2 aromatic carbocycles. The number of hydrogen-bond acceptors (Lipinski definition) is 3. The van der Waals surface area contributed by atoms with Crippen LogP contribution in [0.3, 0.4) is 0 Å². The summed E-state index contributed by atoms with van der Waals surface area (Å²) in [6, 6.07) is 17.1. The van der Waals surface area contributed by atoms with Crippen molar-refractivity contribution < 1.29 is 19.4 Å². The molecule has 2 aromatic rings. The van der Waals surface area contributed by atoms with E-state index in [-0.39, 0.29) is 11.9 Å². The minimum Gasteiger partial charge on any atom is -0.482 e. The van der Waals surface area contributed by atoms with Crippen molar-refractivity contribution >= 4 is 11.9 Å². The second-order valence-electron chi connectivity index (χ2n) is 6.67. The summed E-state index contributed by atoms with van der Waals surface area (Å²) in [4.78, 5) is 23.2. The number of aliphatic carboxylic acids is 1. The monoisotopic (exact) mass is 353 g/mol. The molecular formula is C21H23NO4. The highest BCUT2D eigenvalue weighted by molar-refractivity contribution is 5.94. The average Bonchev–Trinajstić information content (AvgIpc) is 3.07. The van der Waals surface area contributed by atoms with Gasteiger partial charge < -0.3 is 15.2 Å². The molecule has 0 heterocycles. The van der Waals surface area contributed by atoms with Crippen molar-refractivity contribution in [1.82, 2.24) is 5.32 Å². The quantitative estimate of drug-likeness (QED) is 0.801. The Morgan fingerprint density at radius 2 is 1.88 bits per heavy atom. The molecule has 0 aromatic heterocycles. The van der Waals surface area contributed by atoms with Gasteiger partial charge in [-0.3, -0.25) is 4.79 Å². The van der Waals surface area contributed by atoms with E-state index in [4.69, 9.17) is 9.84 Å². The Kier molecular flexibility index (Phi) is 5.89. The van der Waals surface area contributed by atoms with Crippen LogP contribution in [0.25, 0.3) is 0 Å². The summed E-state index contributed by atoms with van der Waals surface area (Å²) in [5.41, 5.74) is 1.78. The Hall–Kier alpha value is -2.82. The molecule has 0 aliphatic heterocycles. The fourth-order valence-corrected chi connectivity index (χ4v) is 3.51. The van der Waals surface area contributed by atoms with Crippen LogP contribution in [0.1, 0.15) is 35.2 Å². The van der Waals surface area contributed by atoms with Crippen molar-refractivity contribution in [3.8, 4) is 5.75 Å². The summed E-state index contributed by atoms with van der Waals surface area (Å²) in [5, 5.41) is 11.8. The fraction of sp³-hybridized carbons (Fsp3) is 0.333. The van der Waals surface area contributed by atoms with E-state index >= 15 is 0 Å². The molecule has 1 aliphatic carbocycles. The molecule has 0 saturated heterocycles. The maximum atomic E-state index is 12.6. The van der Waals surface area contributed by atoms with Crippen LogP contribution in [-0.4, -0.2) is 29.6 Å². The predicted octanol–water partition coefficient (Wildman–Crippen LogP) is 3.29. The van der Waals surface area contributed by atoms with E-state index in [1.54, 1.807) is 24.3 Å². The number of ether oxygens (including phenoxy) is 1. The molecule has 1 amide bonds. The number of carboxylic acid groups (broad SMARTS) is 1. The molecule has 1 fully saturated rings. The highest BCUT2D eigenvalue weighted by Crippen LogP contribution is 2.29. The summed E-state index contributed by atoms with van der Waals surface area (Å²) in [6.07, 6.45) is 4.18. The first-order chi connectivity index (χ1) is 12.6. The molecule has 5 nitrogen and oxygen atoms in total. The van der Waals surface area contributed by atoms with E-state index in [0.29, 0.717) is 17.2 Å². The predicted molar refractivity (Wildman–Crippen MR) is 98.3 cm³/mol. The summed E-state index contributed by atoms with van der Waals surface area (Å²) >= 11 is 0. The van der Waals surface area contributed by atoms with Crippen LogP contribution in [-0.2, 0) is 11.2 Å². The standard InChI is InChI=1S/C21H23NO4/c23-20(24)14-26-18-10-4-9-17(13-18)21(25)22-19-11-5-8-16(19)12-15-6-2-1-3-7-15/h1-4,6-7,9-10,13,16,19H,5,8,11-12,14H2,(H,22,25)(H,23,24). The van der Waals surface area contributed by atoms with E-state index < -0.39 is 12.6 Å². The third kappa shape index (κ3) is 4.85. The topological polar surface area (TPSA) is 75.6 Å². The molecule has 2 N–H and O–H groups in total. The second kappa shape index (κ2) is 8.52. The summed E-state index contributed by atoms with van der Waals surface area (Å²) < 4.78 is 5.15. The number of nitrogens with one attached hydrogen (secondary N) is 1. The lowest BCUT2D eigenvalue weighted by Gasteiger charge is -2.21.